The van der Waals surface area contributed by atoms with Gasteiger partial charge in [0.25, 0.3) is 5.91 Å². The van der Waals surface area contributed by atoms with Crippen molar-refractivity contribution in [3.63, 3.8) is 0 Å². The van der Waals surface area contributed by atoms with Gasteiger partial charge in [-0.3, -0.25) is 4.79 Å². The maximum absolute atomic E-state index is 13.4. The number of halogens is 1. The summed E-state index contributed by atoms with van der Waals surface area (Å²) in [4.78, 5) is 27.4. The third kappa shape index (κ3) is 6.14. The number of hydrogen-bond acceptors (Lipinski definition) is 8. The number of ether oxygens (including phenoxy) is 1. The van der Waals surface area contributed by atoms with Crippen LogP contribution in [0.3, 0.4) is 0 Å². The predicted octanol–water partition coefficient (Wildman–Crippen LogP) is 5.09. The number of hydrogen-bond donors (Lipinski definition) is 2. The molecule has 2 saturated heterocycles. The van der Waals surface area contributed by atoms with Crippen molar-refractivity contribution in [3.05, 3.63) is 46.2 Å². The van der Waals surface area contributed by atoms with Crippen LogP contribution in [0.4, 0.5) is 5.95 Å². The van der Waals surface area contributed by atoms with Crippen LogP contribution in [-0.4, -0.2) is 76.9 Å². The van der Waals surface area contributed by atoms with Crippen LogP contribution in [0, 0.1) is 46.8 Å². The Kier molecular flexibility index (Phi) is 9.19. The lowest BCUT2D eigenvalue weighted by Crippen LogP contribution is -2.74. The van der Waals surface area contributed by atoms with E-state index >= 15 is 0 Å². The smallest absolute Gasteiger partial charge is 0.254 e. The Hall–Kier alpha value is -2.93. The maximum atomic E-state index is 13.4. The number of amides is 1. The second kappa shape index (κ2) is 12.5. The molecule has 5 rings (SSSR count). The molecule has 3 atom stereocenters. The first-order valence-electron chi connectivity index (χ1n) is 15.9. The van der Waals surface area contributed by atoms with Gasteiger partial charge in [-0.25, -0.2) is 9.97 Å². The highest BCUT2D eigenvalue weighted by Crippen LogP contribution is 2.56. The number of benzene rings is 1. The Bertz CT molecular complexity index is 1370. The van der Waals surface area contributed by atoms with Gasteiger partial charge in [0.15, 0.2) is 0 Å². The van der Waals surface area contributed by atoms with Crippen LogP contribution in [0.2, 0.25) is 5.02 Å². The molecule has 3 aliphatic rings. The van der Waals surface area contributed by atoms with Crippen molar-refractivity contribution in [3.8, 4) is 11.8 Å². The van der Waals surface area contributed by atoms with Crippen LogP contribution in [-0.2, 0) is 0 Å². The topological polar surface area (TPSA) is 115 Å². The van der Waals surface area contributed by atoms with Crippen molar-refractivity contribution in [1.29, 1.82) is 5.26 Å². The standard InChI is InChI=1S/C34H47ClN6O3/c1-20-17-41(18-21(2)26(20)19-40-12-10-25(42)11-13-40)32-37-15-24(16-38-32)29(43)39-30-33(4,5)31(34(30,6)7)44-27-9-8-23(14-36)28(35)22(27)3/h8-9,15-16,20-21,25-26,30-31,42H,10-13,17-19H2,1-7H3,(H,39,43)/t20-,21+,26?,30?,31?. The summed E-state index contributed by atoms with van der Waals surface area (Å²) in [6, 6.07) is 5.43. The monoisotopic (exact) mass is 622 g/mol. The third-order valence-corrected chi connectivity index (χ3v) is 11.0. The number of aliphatic hydroxyl groups is 1. The van der Waals surface area contributed by atoms with Crippen LogP contribution >= 0.6 is 11.6 Å². The molecule has 1 aliphatic carbocycles. The van der Waals surface area contributed by atoms with Crippen LogP contribution in [0.25, 0.3) is 0 Å². The first kappa shape index (κ1) is 32.5. The molecule has 3 fully saturated rings. The maximum Gasteiger partial charge on any atom is 0.254 e. The third-order valence-electron chi connectivity index (χ3n) is 10.5. The van der Waals surface area contributed by atoms with Crippen molar-refractivity contribution in [2.24, 2.45) is 28.6 Å². The molecule has 0 radical (unpaired) electrons. The van der Waals surface area contributed by atoms with E-state index in [-0.39, 0.29) is 35.0 Å². The zero-order valence-electron chi connectivity index (χ0n) is 27.1. The van der Waals surface area contributed by atoms with Crippen LogP contribution < -0.4 is 15.0 Å². The van der Waals surface area contributed by atoms with Gasteiger partial charge in [-0.2, -0.15) is 5.26 Å². The molecular formula is C34H47ClN6O3. The van der Waals surface area contributed by atoms with E-state index in [0.29, 0.717) is 45.6 Å². The van der Waals surface area contributed by atoms with E-state index < -0.39 is 0 Å². The molecule has 1 aromatic carbocycles. The number of likely N-dealkylation sites (tertiary alicyclic amines) is 1. The molecule has 1 unspecified atom stereocenters. The largest absolute Gasteiger partial charge is 0.489 e. The normalized spacial score (nSPS) is 28.5. The Morgan fingerprint density at radius 3 is 2.27 bits per heavy atom. The number of rotatable bonds is 7. The Labute approximate surface area is 267 Å². The van der Waals surface area contributed by atoms with E-state index in [2.05, 4.69) is 72.7 Å². The van der Waals surface area contributed by atoms with E-state index in [1.54, 1.807) is 24.5 Å². The summed E-state index contributed by atoms with van der Waals surface area (Å²) in [7, 11) is 0. The zero-order chi connectivity index (χ0) is 32.0. The van der Waals surface area contributed by atoms with Gasteiger partial charge >= 0.3 is 0 Å². The second-order valence-corrected chi connectivity index (χ2v) is 14.9. The van der Waals surface area contributed by atoms with E-state index in [4.69, 9.17) is 16.3 Å². The number of carbonyl (C=O) groups is 1. The number of anilines is 1. The summed E-state index contributed by atoms with van der Waals surface area (Å²) in [5.41, 5.74) is 0.862. The van der Waals surface area contributed by atoms with E-state index in [1.165, 1.54) is 0 Å². The molecule has 44 heavy (non-hydrogen) atoms. The summed E-state index contributed by atoms with van der Waals surface area (Å²) in [5, 5.41) is 22.8. The zero-order valence-corrected chi connectivity index (χ0v) is 27.9. The summed E-state index contributed by atoms with van der Waals surface area (Å²) in [5.74, 6) is 2.66. The SMILES string of the molecule is Cc1c(OC2C(C)(C)C(NC(=O)c3cnc(N4C[C@@H](C)C(CN5CCC(O)CC5)[C@@H](C)C4)nc3)C2(C)C)ccc(C#N)c1Cl. The highest BCUT2D eigenvalue weighted by molar-refractivity contribution is 6.32. The van der Waals surface area contributed by atoms with Gasteiger partial charge in [-0.1, -0.05) is 53.1 Å². The molecule has 2 aliphatic heterocycles. The highest BCUT2D eigenvalue weighted by atomic mass is 35.5. The van der Waals surface area contributed by atoms with Crippen molar-refractivity contribution in [1.82, 2.24) is 20.2 Å². The fourth-order valence-corrected chi connectivity index (χ4v) is 8.35. The van der Waals surface area contributed by atoms with Gasteiger partial charge in [-0.15, -0.1) is 0 Å². The number of piperidine rings is 2. The van der Waals surface area contributed by atoms with Gasteiger partial charge in [0.05, 0.1) is 22.3 Å². The number of nitrogens with one attached hydrogen (secondary N) is 1. The molecule has 0 spiro atoms. The van der Waals surface area contributed by atoms with Crippen LogP contribution in [0.1, 0.15) is 75.9 Å². The lowest BCUT2D eigenvalue weighted by Gasteiger charge is -2.63. The van der Waals surface area contributed by atoms with Crippen molar-refractivity contribution in [2.45, 2.75) is 79.6 Å². The lowest BCUT2D eigenvalue weighted by atomic mass is 9.49. The molecule has 10 heteroatoms. The average Bonchev–Trinajstić information content (AvgIpc) is 2.99. The molecule has 0 bridgehead atoms. The fraction of sp³-hybridized carbons (Fsp3) is 0.647. The number of nitrogens with zero attached hydrogens (tertiary/aromatic N) is 5. The number of aliphatic hydroxyl groups excluding tert-OH is 1. The van der Waals surface area contributed by atoms with E-state index in [1.807, 2.05) is 6.92 Å². The molecule has 2 N–H and O–H groups in total. The summed E-state index contributed by atoms with van der Waals surface area (Å²) in [6.45, 7) is 19.6. The second-order valence-electron chi connectivity index (χ2n) is 14.5. The van der Waals surface area contributed by atoms with Gasteiger partial charge < -0.3 is 25.0 Å². The van der Waals surface area contributed by atoms with E-state index in [0.717, 1.165) is 51.1 Å². The highest BCUT2D eigenvalue weighted by Gasteiger charge is 2.64. The molecule has 238 valence electrons. The summed E-state index contributed by atoms with van der Waals surface area (Å²) >= 11 is 6.39. The van der Waals surface area contributed by atoms with Gasteiger partial charge in [0.1, 0.15) is 17.9 Å². The Balaban J connectivity index is 1.19. The minimum absolute atomic E-state index is 0.146. The van der Waals surface area contributed by atoms with Crippen LogP contribution in [0.5, 0.6) is 5.75 Å². The van der Waals surface area contributed by atoms with E-state index in [9.17, 15) is 15.2 Å². The lowest BCUT2D eigenvalue weighted by molar-refractivity contribution is -0.164. The van der Waals surface area contributed by atoms with Crippen molar-refractivity contribution < 1.29 is 14.6 Å². The molecule has 1 aromatic heterocycles. The molecule has 1 amide bonds. The van der Waals surface area contributed by atoms with Gasteiger partial charge in [-0.05, 0) is 49.7 Å². The quantitative estimate of drug-likeness (QED) is 0.439. The average molecular weight is 623 g/mol. The molecular weight excluding hydrogens is 576 g/mol. The minimum atomic E-state index is -0.364. The van der Waals surface area contributed by atoms with Crippen molar-refractivity contribution in [2.75, 3.05) is 37.6 Å². The van der Waals surface area contributed by atoms with Crippen LogP contribution in [0.15, 0.2) is 24.5 Å². The minimum Gasteiger partial charge on any atom is -0.489 e. The first-order chi connectivity index (χ1) is 20.7. The summed E-state index contributed by atoms with van der Waals surface area (Å²) < 4.78 is 6.48. The molecule has 2 aromatic rings. The van der Waals surface area contributed by atoms with Crippen molar-refractivity contribution >= 4 is 23.5 Å². The Morgan fingerprint density at radius 2 is 1.70 bits per heavy atom. The molecule has 3 heterocycles. The number of carbonyl (C=O) groups excluding carboxylic acids is 1. The van der Waals surface area contributed by atoms with Gasteiger partial charge in [0.2, 0.25) is 5.95 Å². The predicted molar refractivity (Wildman–Crippen MR) is 172 cm³/mol. The summed E-state index contributed by atoms with van der Waals surface area (Å²) in [6.07, 6.45) is 4.67. The fourth-order valence-electron chi connectivity index (χ4n) is 8.15. The Morgan fingerprint density at radius 1 is 1.11 bits per heavy atom. The number of nitriles is 1. The molecule has 9 nitrogen and oxygen atoms in total. The van der Waals surface area contributed by atoms with Gasteiger partial charge in [0, 0.05) is 67.6 Å². The number of aromatic nitrogens is 2. The first-order valence-corrected chi connectivity index (χ1v) is 16.3. The molecule has 1 saturated carbocycles.